The summed E-state index contributed by atoms with van der Waals surface area (Å²) in [5, 5.41) is 12.6. The summed E-state index contributed by atoms with van der Waals surface area (Å²) in [4.78, 5) is 11.9. The monoisotopic (exact) mass is 301 g/mol. The number of amides is 1. The van der Waals surface area contributed by atoms with Gasteiger partial charge in [0.2, 0.25) is 5.13 Å². The van der Waals surface area contributed by atoms with Gasteiger partial charge in [0.15, 0.2) is 0 Å². The first kappa shape index (κ1) is 13.3. The zero-order chi connectivity index (χ0) is 13.1. The molecule has 4 nitrogen and oxygen atoms in total. The van der Waals surface area contributed by atoms with Crippen molar-refractivity contribution in [2.45, 2.75) is 13.3 Å². The third kappa shape index (κ3) is 2.98. The van der Waals surface area contributed by atoms with Crippen LogP contribution in [0.3, 0.4) is 0 Å². The molecular formula is C11H9Cl2N3OS. The number of aryl methyl sites for hydroxylation is 1. The number of halogens is 2. The van der Waals surface area contributed by atoms with Crippen molar-refractivity contribution in [1.29, 1.82) is 0 Å². The van der Waals surface area contributed by atoms with Crippen molar-refractivity contribution >= 4 is 45.6 Å². The lowest BCUT2D eigenvalue weighted by atomic mass is 10.2. The smallest absolute Gasteiger partial charge is 0.259 e. The minimum absolute atomic E-state index is 0.306. The average Bonchev–Trinajstić information content (AvgIpc) is 2.76. The lowest BCUT2D eigenvalue weighted by Crippen LogP contribution is -2.12. The Kier molecular flexibility index (Phi) is 4.16. The number of anilines is 1. The molecule has 0 aliphatic carbocycles. The Hall–Kier alpha value is -1.17. The minimum Gasteiger partial charge on any atom is -0.296 e. The number of carbonyl (C=O) groups excluding carboxylic acids is 1. The van der Waals surface area contributed by atoms with Gasteiger partial charge in [-0.3, -0.25) is 10.1 Å². The maximum Gasteiger partial charge on any atom is 0.259 e. The molecule has 1 aromatic heterocycles. The highest BCUT2D eigenvalue weighted by Gasteiger charge is 2.13. The Morgan fingerprint density at radius 3 is 2.78 bits per heavy atom. The van der Waals surface area contributed by atoms with Gasteiger partial charge in [0.25, 0.3) is 5.91 Å². The molecule has 0 unspecified atom stereocenters. The van der Waals surface area contributed by atoms with E-state index in [0.717, 1.165) is 11.4 Å². The third-order valence-electron chi connectivity index (χ3n) is 2.17. The summed E-state index contributed by atoms with van der Waals surface area (Å²) in [6.45, 7) is 1.97. The molecule has 7 heteroatoms. The van der Waals surface area contributed by atoms with Crippen molar-refractivity contribution < 1.29 is 4.79 Å². The van der Waals surface area contributed by atoms with Gasteiger partial charge in [0.05, 0.1) is 10.6 Å². The van der Waals surface area contributed by atoms with Crippen molar-refractivity contribution in [3.8, 4) is 0 Å². The van der Waals surface area contributed by atoms with Crippen LogP contribution >= 0.6 is 34.5 Å². The van der Waals surface area contributed by atoms with E-state index in [1.807, 2.05) is 6.92 Å². The molecule has 94 valence electrons. The molecule has 0 radical (unpaired) electrons. The van der Waals surface area contributed by atoms with Crippen LogP contribution in [0, 0.1) is 0 Å². The fourth-order valence-corrected chi connectivity index (χ4v) is 2.45. The number of rotatable bonds is 3. The molecule has 18 heavy (non-hydrogen) atoms. The molecule has 1 heterocycles. The molecule has 2 aromatic rings. The summed E-state index contributed by atoms with van der Waals surface area (Å²) < 4.78 is 0. The Balaban J connectivity index is 2.16. The summed E-state index contributed by atoms with van der Waals surface area (Å²) in [6, 6.07) is 4.71. The van der Waals surface area contributed by atoms with E-state index in [-0.39, 0.29) is 5.91 Å². The number of nitrogens with one attached hydrogen (secondary N) is 1. The molecule has 0 spiro atoms. The zero-order valence-corrected chi connectivity index (χ0v) is 11.7. The predicted octanol–water partition coefficient (Wildman–Crippen LogP) is 3.66. The maximum absolute atomic E-state index is 11.9. The number of nitrogens with zero attached hydrogens (tertiary/aromatic N) is 2. The summed E-state index contributed by atoms with van der Waals surface area (Å²) in [5.41, 5.74) is 0.356. The van der Waals surface area contributed by atoms with E-state index in [0.29, 0.717) is 20.7 Å². The van der Waals surface area contributed by atoms with Gasteiger partial charge < -0.3 is 0 Å². The largest absolute Gasteiger partial charge is 0.296 e. The van der Waals surface area contributed by atoms with Gasteiger partial charge in [0, 0.05) is 5.02 Å². The molecule has 0 aliphatic rings. The van der Waals surface area contributed by atoms with Gasteiger partial charge in [-0.1, -0.05) is 41.5 Å². The summed E-state index contributed by atoms with van der Waals surface area (Å²) >= 11 is 13.1. The van der Waals surface area contributed by atoms with Gasteiger partial charge in [-0.05, 0) is 24.6 Å². The number of hydrogen-bond donors (Lipinski definition) is 1. The average molecular weight is 302 g/mol. The summed E-state index contributed by atoms with van der Waals surface area (Å²) in [6.07, 6.45) is 0.787. The summed E-state index contributed by atoms with van der Waals surface area (Å²) in [7, 11) is 0. The standard InChI is InChI=1S/C11H9Cl2N3OS/c1-2-9-15-16-11(18-9)14-10(17)7-4-3-6(12)5-8(7)13/h3-5H,2H2,1H3,(H,14,16,17). The SMILES string of the molecule is CCc1nnc(NC(=O)c2ccc(Cl)cc2Cl)s1. The Morgan fingerprint density at radius 2 is 2.17 bits per heavy atom. The molecule has 2 rings (SSSR count). The van der Waals surface area contributed by atoms with Crippen LogP contribution in [0.5, 0.6) is 0 Å². The molecule has 1 amide bonds. The Bertz CT molecular complexity index is 585. The van der Waals surface area contributed by atoms with Crippen molar-refractivity contribution in [3.05, 3.63) is 38.8 Å². The van der Waals surface area contributed by atoms with E-state index in [1.54, 1.807) is 12.1 Å². The number of carbonyl (C=O) groups is 1. The van der Waals surface area contributed by atoms with E-state index in [4.69, 9.17) is 23.2 Å². The highest BCUT2D eigenvalue weighted by atomic mass is 35.5. The Morgan fingerprint density at radius 1 is 1.39 bits per heavy atom. The molecule has 1 N–H and O–H groups in total. The second kappa shape index (κ2) is 5.65. The first-order chi connectivity index (χ1) is 8.60. The van der Waals surface area contributed by atoms with Crippen molar-refractivity contribution in [1.82, 2.24) is 10.2 Å². The maximum atomic E-state index is 11.9. The van der Waals surface area contributed by atoms with Crippen molar-refractivity contribution in [2.24, 2.45) is 0 Å². The van der Waals surface area contributed by atoms with Crippen LogP contribution in [0.15, 0.2) is 18.2 Å². The molecule has 0 aliphatic heterocycles. The van der Waals surface area contributed by atoms with E-state index in [1.165, 1.54) is 17.4 Å². The topological polar surface area (TPSA) is 54.9 Å². The summed E-state index contributed by atoms with van der Waals surface area (Å²) in [5.74, 6) is -0.324. The van der Waals surface area contributed by atoms with Crippen molar-refractivity contribution in [3.63, 3.8) is 0 Å². The van der Waals surface area contributed by atoms with Crippen LogP contribution in [-0.2, 0) is 6.42 Å². The molecule has 0 saturated heterocycles. The quantitative estimate of drug-likeness (QED) is 0.941. The van der Waals surface area contributed by atoms with E-state index in [9.17, 15) is 4.79 Å². The Labute approximate surface area is 118 Å². The molecule has 1 aromatic carbocycles. The van der Waals surface area contributed by atoms with Crippen LogP contribution in [0.1, 0.15) is 22.3 Å². The van der Waals surface area contributed by atoms with Crippen LogP contribution in [0.4, 0.5) is 5.13 Å². The normalized spacial score (nSPS) is 10.4. The molecule has 0 bridgehead atoms. The van der Waals surface area contributed by atoms with Crippen LogP contribution in [0.25, 0.3) is 0 Å². The van der Waals surface area contributed by atoms with Crippen LogP contribution in [-0.4, -0.2) is 16.1 Å². The van der Waals surface area contributed by atoms with Gasteiger partial charge in [0.1, 0.15) is 5.01 Å². The van der Waals surface area contributed by atoms with E-state index >= 15 is 0 Å². The molecule has 0 atom stereocenters. The van der Waals surface area contributed by atoms with Crippen LogP contribution < -0.4 is 5.32 Å². The predicted molar refractivity (Wildman–Crippen MR) is 73.7 cm³/mol. The first-order valence-electron chi connectivity index (χ1n) is 5.19. The number of benzene rings is 1. The van der Waals surface area contributed by atoms with Crippen molar-refractivity contribution in [2.75, 3.05) is 5.32 Å². The second-order valence-electron chi connectivity index (χ2n) is 3.43. The highest BCUT2D eigenvalue weighted by Crippen LogP contribution is 2.23. The van der Waals surface area contributed by atoms with Gasteiger partial charge >= 0.3 is 0 Å². The molecular weight excluding hydrogens is 293 g/mol. The van der Waals surface area contributed by atoms with Gasteiger partial charge in [-0.25, -0.2) is 0 Å². The first-order valence-corrected chi connectivity index (χ1v) is 6.76. The molecule has 0 fully saturated rings. The van der Waals surface area contributed by atoms with E-state index < -0.39 is 0 Å². The number of aromatic nitrogens is 2. The third-order valence-corrected chi connectivity index (χ3v) is 3.70. The highest BCUT2D eigenvalue weighted by molar-refractivity contribution is 7.15. The zero-order valence-electron chi connectivity index (χ0n) is 9.41. The fourth-order valence-electron chi connectivity index (χ4n) is 1.29. The molecule has 0 saturated carbocycles. The van der Waals surface area contributed by atoms with Gasteiger partial charge in [-0.15, -0.1) is 10.2 Å². The lowest BCUT2D eigenvalue weighted by molar-refractivity contribution is 0.102. The fraction of sp³-hybridized carbons (Fsp3) is 0.182. The lowest BCUT2D eigenvalue weighted by Gasteiger charge is -2.03. The van der Waals surface area contributed by atoms with E-state index in [2.05, 4.69) is 15.5 Å². The minimum atomic E-state index is -0.324. The van der Waals surface area contributed by atoms with Crippen LogP contribution in [0.2, 0.25) is 10.0 Å². The van der Waals surface area contributed by atoms with Gasteiger partial charge in [-0.2, -0.15) is 0 Å². The second-order valence-corrected chi connectivity index (χ2v) is 5.34. The number of hydrogen-bond acceptors (Lipinski definition) is 4.